The van der Waals surface area contributed by atoms with E-state index in [9.17, 15) is 9.18 Å². The van der Waals surface area contributed by atoms with Crippen molar-refractivity contribution in [3.8, 4) is 0 Å². The predicted octanol–water partition coefficient (Wildman–Crippen LogP) is 1.51. The zero-order valence-corrected chi connectivity index (χ0v) is 15.9. The van der Waals surface area contributed by atoms with Crippen LogP contribution in [0.15, 0.2) is 23.2 Å². The van der Waals surface area contributed by atoms with Crippen LogP contribution in [0.2, 0.25) is 0 Å². The van der Waals surface area contributed by atoms with E-state index in [1.807, 2.05) is 0 Å². The molecule has 1 saturated heterocycles. The summed E-state index contributed by atoms with van der Waals surface area (Å²) in [6, 6.07) is 5.05. The number of amides is 1. The Bertz CT molecular complexity index is 634. The van der Waals surface area contributed by atoms with Crippen molar-refractivity contribution in [2.45, 2.75) is 32.7 Å². The summed E-state index contributed by atoms with van der Waals surface area (Å²) < 4.78 is 13.5. The summed E-state index contributed by atoms with van der Waals surface area (Å²) in [7, 11) is 1.73. The summed E-state index contributed by atoms with van der Waals surface area (Å²) in [6.07, 6.45) is 2.46. The number of aliphatic imine (C=N–C) groups is 1. The molecule has 1 aliphatic rings. The second-order valence-electron chi connectivity index (χ2n) is 6.52. The molecule has 1 fully saturated rings. The van der Waals surface area contributed by atoms with Gasteiger partial charge in [-0.05, 0) is 50.6 Å². The summed E-state index contributed by atoms with van der Waals surface area (Å²) in [4.78, 5) is 18.7. The zero-order valence-electron chi connectivity index (χ0n) is 15.9. The minimum atomic E-state index is -0.367. The highest BCUT2D eigenvalue weighted by Crippen LogP contribution is 2.15. The van der Waals surface area contributed by atoms with Gasteiger partial charge in [0.1, 0.15) is 5.82 Å². The Balaban J connectivity index is 1.68. The molecule has 144 valence electrons. The quantitative estimate of drug-likeness (QED) is 0.390. The Kier molecular flexibility index (Phi) is 7.84. The van der Waals surface area contributed by atoms with Gasteiger partial charge in [0.2, 0.25) is 0 Å². The van der Waals surface area contributed by atoms with Gasteiger partial charge < -0.3 is 16.0 Å². The molecule has 7 heteroatoms. The van der Waals surface area contributed by atoms with E-state index in [0.717, 1.165) is 19.0 Å². The SMILES string of the molecule is CCN1CCCC1CNC(=NC)NCCNC(=O)c1ccc(C)c(F)c1. The molecule has 0 saturated carbocycles. The third-order valence-electron chi connectivity index (χ3n) is 4.77. The monoisotopic (exact) mass is 363 g/mol. The van der Waals surface area contributed by atoms with Gasteiger partial charge in [-0.3, -0.25) is 14.7 Å². The molecule has 1 heterocycles. The van der Waals surface area contributed by atoms with Crippen molar-refractivity contribution >= 4 is 11.9 Å². The van der Waals surface area contributed by atoms with Crippen LogP contribution in [0.1, 0.15) is 35.7 Å². The molecule has 1 unspecified atom stereocenters. The molecule has 1 amide bonds. The number of hydrogen-bond acceptors (Lipinski definition) is 3. The van der Waals surface area contributed by atoms with Crippen molar-refractivity contribution < 1.29 is 9.18 Å². The number of carbonyl (C=O) groups excluding carboxylic acids is 1. The molecule has 1 aromatic carbocycles. The molecule has 1 atom stereocenters. The van der Waals surface area contributed by atoms with E-state index in [0.29, 0.717) is 30.3 Å². The number of aryl methyl sites for hydroxylation is 1. The second-order valence-corrected chi connectivity index (χ2v) is 6.52. The lowest BCUT2D eigenvalue weighted by Crippen LogP contribution is -2.46. The zero-order chi connectivity index (χ0) is 18.9. The number of benzene rings is 1. The fourth-order valence-electron chi connectivity index (χ4n) is 3.17. The van der Waals surface area contributed by atoms with Crippen LogP contribution in [-0.2, 0) is 0 Å². The van der Waals surface area contributed by atoms with E-state index in [-0.39, 0.29) is 11.7 Å². The third-order valence-corrected chi connectivity index (χ3v) is 4.77. The first-order chi connectivity index (χ1) is 12.5. The van der Waals surface area contributed by atoms with Gasteiger partial charge in [-0.15, -0.1) is 0 Å². The molecule has 26 heavy (non-hydrogen) atoms. The van der Waals surface area contributed by atoms with Gasteiger partial charge in [-0.1, -0.05) is 13.0 Å². The van der Waals surface area contributed by atoms with Gasteiger partial charge in [0.25, 0.3) is 5.91 Å². The molecule has 0 aliphatic carbocycles. The maximum absolute atomic E-state index is 13.5. The standard InChI is InChI=1S/C19H30FN5O/c1-4-25-11-5-6-16(25)13-24-19(21-3)23-10-9-22-18(26)15-8-7-14(2)17(20)12-15/h7-8,12,16H,4-6,9-11,13H2,1-3H3,(H,22,26)(H2,21,23,24). The first kappa shape index (κ1) is 20.2. The number of likely N-dealkylation sites (tertiary alicyclic amines) is 1. The highest BCUT2D eigenvalue weighted by molar-refractivity contribution is 5.94. The number of halogens is 1. The molecule has 1 aliphatic heterocycles. The summed E-state index contributed by atoms with van der Waals surface area (Å²) in [5.74, 6) is 0.0789. The van der Waals surface area contributed by atoms with Gasteiger partial charge in [0.05, 0.1) is 0 Å². The van der Waals surface area contributed by atoms with Crippen LogP contribution in [0.4, 0.5) is 4.39 Å². The van der Waals surface area contributed by atoms with Gasteiger partial charge in [-0.25, -0.2) is 4.39 Å². The molecule has 2 rings (SSSR count). The molecular formula is C19H30FN5O. The molecule has 6 nitrogen and oxygen atoms in total. The number of rotatable bonds is 7. The topological polar surface area (TPSA) is 68.8 Å². The van der Waals surface area contributed by atoms with Crippen molar-refractivity contribution in [3.05, 3.63) is 35.1 Å². The lowest BCUT2D eigenvalue weighted by Gasteiger charge is -2.24. The molecule has 3 N–H and O–H groups in total. The van der Waals surface area contributed by atoms with Crippen molar-refractivity contribution in [2.75, 3.05) is 39.8 Å². The molecule has 0 bridgehead atoms. The van der Waals surface area contributed by atoms with Gasteiger partial charge in [-0.2, -0.15) is 0 Å². The van der Waals surface area contributed by atoms with Crippen molar-refractivity contribution in [3.63, 3.8) is 0 Å². The van der Waals surface area contributed by atoms with Crippen LogP contribution in [0.3, 0.4) is 0 Å². The Morgan fingerprint density at radius 3 is 2.77 bits per heavy atom. The lowest BCUT2D eigenvalue weighted by atomic mass is 10.1. The largest absolute Gasteiger partial charge is 0.355 e. The smallest absolute Gasteiger partial charge is 0.251 e. The molecule has 1 aromatic rings. The fraction of sp³-hybridized carbons (Fsp3) is 0.579. The van der Waals surface area contributed by atoms with E-state index in [4.69, 9.17) is 0 Å². The van der Waals surface area contributed by atoms with E-state index in [2.05, 4.69) is 32.8 Å². The number of carbonyl (C=O) groups is 1. The van der Waals surface area contributed by atoms with E-state index in [1.165, 1.54) is 25.5 Å². The van der Waals surface area contributed by atoms with Crippen LogP contribution < -0.4 is 16.0 Å². The van der Waals surface area contributed by atoms with Gasteiger partial charge in [0, 0.05) is 38.3 Å². The van der Waals surface area contributed by atoms with Gasteiger partial charge >= 0.3 is 0 Å². The van der Waals surface area contributed by atoms with E-state index < -0.39 is 0 Å². The van der Waals surface area contributed by atoms with Crippen LogP contribution in [-0.4, -0.2) is 62.6 Å². The highest BCUT2D eigenvalue weighted by Gasteiger charge is 2.22. The van der Waals surface area contributed by atoms with Crippen LogP contribution >= 0.6 is 0 Å². The fourth-order valence-corrected chi connectivity index (χ4v) is 3.17. The number of guanidine groups is 1. The number of nitrogens with zero attached hydrogens (tertiary/aromatic N) is 2. The van der Waals surface area contributed by atoms with E-state index >= 15 is 0 Å². The van der Waals surface area contributed by atoms with Crippen molar-refractivity contribution in [2.24, 2.45) is 4.99 Å². The second kappa shape index (κ2) is 10.1. The van der Waals surface area contributed by atoms with Crippen LogP contribution in [0.25, 0.3) is 0 Å². The number of nitrogens with one attached hydrogen (secondary N) is 3. The third kappa shape index (κ3) is 5.69. The predicted molar refractivity (Wildman–Crippen MR) is 103 cm³/mol. The number of hydrogen-bond donors (Lipinski definition) is 3. The van der Waals surface area contributed by atoms with Crippen LogP contribution in [0.5, 0.6) is 0 Å². The van der Waals surface area contributed by atoms with Crippen LogP contribution in [0, 0.1) is 12.7 Å². The minimum Gasteiger partial charge on any atom is -0.355 e. The summed E-state index contributed by atoms with van der Waals surface area (Å²) in [5.41, 5.74) is 0.860. The highest BCUT2D eigenvalue weighted by atomic mass is 19.1. The minimum absolute atomic E-state index is 0.279. The summed E-state index contributed by atoms with van der Waals surface area (Å²) in [5, 5.41) is 9.31. The maximum Gasteiger partial charge on any atom is 0.251 e. The van der Waals surface area contributed by atoms with Crippen molar-refractivity contribution in [1.82, 2.24) is 20.9 Å². The number of likely N-dealkylation sites (N-methyl/N-ethyl adjacent to an activating group) is 1. The molecule has 0 radical (unpaired) electrons. The normalized spacial score (nSPS) is 18.0. The first-order valence-corrected chi connectivity index (χ1v) is 9.28. The van der Waals surface area contributed by atoms with Gasteiger partial charge in [0.15, 0.2) is 5.96 Å². The Hall–Kier alpha value is -2.15. The van der Waals surface area contributed by atoms with E-state index in [1.54, 1.807) is 26.1 Å². The van der Waals surface area contributed by atoms with Crippen molar-refractivity contribution in [1.29, 1.82) is 0 Å². The molecule has 0 aromatic heterocycles. The lowest BCUT2D eigenvalue weighted by molar-refractivity contribution is 0.0954. The summed E-state index contributed by atoms with van der Waals surface area (Å²) in [6.45, 7) is 7.94. The molecule has 0 spiro atoms. The summed E-state index contributed by atoms with van der Waals surface area (Å²) >= 11 is 0. The first-order valence-electron chi connectivity index (χ1n) is 9.28. The average molecular weight is 363 g/mol. The molecular weight excluding hydrogens is 333 g/mol. The maximum atomic E-state index is 13.5. The Morgan fingerprint density at radius 2 is 2.08 bits per heavy atom. The Morgan fingerprint density at radius 1 is 1.31 bits per heavy atom. The average Bonchev–Trinajstić information content (AvgIpc) is 3.10. The Labute approximate surface area is 155 Å².